The van der Waals surface area contributed by atoms with Crippen molar-refractivity contribution in [3.63, 3.8) is 0 Å². The van der Waals surface area contributed by atoms with Crippen molar-refractivity contribution in [1.29, 1.82) is 0 Å². The molecule has 3 rings (SSSR count). The molecular weight excluding hydrogens is 408 g/mol. The third-order valence-corrected chi connectivity index (χ3v) is 5.08. The Balaban J connectivity index is 0.000000321. The highest BCUT2D eigenvalue weighted by Gasteiger charge is 2.25. The van der Waals surface area contributed by atoms with Gasteiger partial charge in [-0.25, -0.2) is 4.98 Å². The molecule has 1 fully saturated rings. The lowest BCUT2D eigenvalue weighted by molar-refractivity contribution is 0.117. The number of nitrogens with one attached hydrogen (secondary N) is 3. The maximum absolute atomic E-state index is 10.6. The summed E-state index contributed by atoms with van der Waals surface area (Å²) in [4.78, 5) is 20.3. The number of nitrogens with zero attached hydrogens (tertiary/aromatic N) is 1. The molecule has 0 aliphatic carbocycles. The van der Waals surface area contributed by atoms with Crippen LogP contribution in [0.15, 0.2) is 22.0 Å². The number of hydrogen-bond acceptors (Lipinski definition) is 7. The van der Waals surface area contributed by atoms with Gasteiger partial charge in [-0.2, -0.15) is 0 Å². The van der Waals surface area contributed by atoms with E-state index in [1.807, 2.05) is 20.1 Å². The maximum atomic E-state index is 10.6. The SMILES string of the molecule is CC.CSc1cc(C)c(C)c(NC2CC(CO)CO2)n1.Cc1cc(=O)[nH]c(=S)[nH]1. The Morgan fingerprint density at radius 1 is 1.31 bits per heavy atom. The number of aliphatic hydroxyl groups is 1. The Morgan fingerprint density at radius 2 is 2.00 bits per heavy atom. The van der Waals surface area contributed by atoms with Crippen molar-refractivity contribution >= 4 is 29.8 Å². The number of aliphatic hydroxyl groups excluding tert-OH is 1. The van der Waals surface area contributed by atoms with Crippen LogP contribution in [0.5, 0.6) is 0 Å². The lowest BCUT2D eigenvalue weighted by atomic mass is 10.1. The molecule has 7 nitrogen and oxygen atoms in total. The number of pyridine rings is 1. The molecule has 0 aromatic carbocycles. The molecule has 9 heteroatoms. The van der Waals surface area contributed by atoms with Crippen LogP contribution in [0, 0.1) is 31.5 Å². The van der Waals surface area contributed by atoms with E-state index in [9.17, 15) is 4.79 Å². The van der Waals surface area contributed by atoms with Crippen LogP contribution < -0.4 is 10.9 Å². The van der Waals surface area contributed by atoms with Crippen molar-refractivity contribution in [3.8, 4) is 0 Å². The molecule has 0 saturated carbocycles. The van der Waals surface area contributed by atoms with Gasteiger partial charge < -0.3 is 20.1 Å². The van der Waals surface area contributed by atoms with E-state index in [0.29, 0.717) is 11.4 Å². The zero-order valence-electron chi connectivity index (χ0n) is 18.0. The van der Waals surface area contributed by atoms with Gasteiger partial charge in [-0.1, -0.05) is 13.8 Å². The molecule has 1 aliphatic heterocycles. The zero-order valence-corrected chi connectivity index (χ0v) is 19.6. The van der Waals surface area contributed by atoms with Crippen LogP contribution in [0.25, 0.3) is 0 Å². The number of H-pyrrole nitrogens is 2. The summed E-state index contributed by atoms with van der Waals surface area (Å²) in [7, 11) is 0. The second kappa shape index (κ2) is 12.8. The topological polar surface area (TPSA) is 103 Å². The van der Waals surface area contributed by atoms with E-state index in [1.165, 1.54) is 11.6 Å². The Kier molecular flexibility index (Phi) is 11.2. The standard InChI is InChI=1S/C13H20N2O2S.C5H6N2OS.C2H6/c1-8-4-12(18-3)15-13(9(8)2)14-11-5-10(6-16)7-17-11;1-3-2-4(8)7-5(9)6-3;1-2/h4,10-11,16H,5-7H2,1-3H3,(H,14,15);2H,1H3,(H2,6,7,8,9);1-2H3. The lowest BCUT2D eigenvalue weighted by Crippen LogP contribution is -2.20. The molecule has 0 amide bonds. The Hall–Kier alpha value is -1.68. The Bertz CT molecular complexity index is 855. The van der Waals surface area contributed by atoms with Gasteiger partial charge in [-0.15, -0.1) is 11.8 Å². The van der Waals surface area contributed by atoms with Crippen LogP contribution in [0.3, 0.4) is 0 Å². The van der Waals surface area contributed by atoms with E-state index >= 15 is 0 Å². The average molecular weight is 441 g/mol. The number of thioether (sulfide) groups is 1. The summed E-state index contributed by atoms with van der Waals surface area (Å²) in [5.74, 6) is 1.13. The molecule has 29 heavy (non-hydrogen) atoms. The molecule has 0 bridgehead atoms. The molecule has 3 heterocycles. The maximum Gasteiger partial charge on any atom is 0.251 e. The number of ether oxygens (including phenoxy) is 1. The number of anilines is 1. The third kappa shape index (κ3) is 8.30. The smallest absolute Gasteiger partial charge is 0.251 e. The van der Waals surface area contributed by atoms with Crippen LogP contribution in [-0.4, -0.2) is 45.8 Å². The fourth-order valence-corrected chi connectivity index (χ4v) is 3.35. The van der Waals surface area contributed by atoms with E-state index in [2.05, 4.69) is 52.4 Å². The highest BCUT2D eigenvalue weighted by atomic mass is 32.2. The van der Waals surface area contributed by atoms with Gasteiger partial charge in [0, 0.05) is 24.3 Å². The molecule has 0 spiro atoms. The number of aromatic nitrogens is 3. The van der Waals surface area contributed by atoms with Gasteiger partial charge in [0.2, 0.25) is 0 Å². The van der Waals surface area contributed by atoms with Crippen LogP contribution in [0.4, 0.5) is 5.82 Å². The summed E-state index contributed by atoms with van der Waals surface area (Å²) in [6.45, 7) is 10.7. The van der Waals surface area contributed by atoms with Crippen molar-refractivity contribution in [3.05, 3.63) is 44.1 Å². The van der Waals surface area contributed by atoms with Crippen molar-refractivity contribution in [1.82, 2.24) is 15.0 Å². The first-order valence-electron chi connectivity index (χ1n) is 9.63. The number of aromatic amines is 2. The largest absolute Gasteiger partial charge is 0.396 e. The van der Waals surface area contributed by atoms with E-state index < -0.39 is 0 Å². The molecule has 0 radical (unpaired) electrons. The van der Waals surface area contributed by atoms with Crippen molar-refractivity contribution in [2.45, 2.75) is 52.3 Å². The van der Waals surface area contributed by atoms with Gasteiger partial charge >= 0.3 is 0 Å². The fourth-order valence-electron chi connectivity index (χ4n) is 2.61. The quantitative estimate of drug-likeness (QED) is 0.421. The summed E-state index contributed by atoms with van der Waals surface area (Å²) in [5, 5.41) is 13.4. The van der Waals surface area contributed by atoms with Gasteiger partial charge in [0.15, 0.2) is 4.77 Å². The van der Waals surface area contributed by atoms with E-state index in [0.717, 1.165) is 28.5 Å². The molecule has 2 atom stereocenters. The molecule has 162 valence electrons. The first-order chi connectivity index (χ1) is 13.8. The highest BCUT2D eigenvalue weighted by molar-refractivity contribution is 7.98. The second-order valence-corrected chi connectivity index (χ2v) is 7.71. The minimum atomic E-state index is -0.156. The predicted molar refractivity (Wildman–Crippen MR) is 122 cm³/mol. The van der Waals surface area contributed by atoms with Crippen molar-refractivity contribution in [2.75, 3.05) is 24.8 Å². The van der Waals surface area contributed by atoms with E-state index in [1.54, 1.807) is 18.7 Å². The minimum absolute atomic E-state index is 0.0372. The summed E-state index contributed by atoms with van der Waals surface area (Å²) in [5.41, 5.74) is 3.01. The van der Waals surface area contributed by atoms with Gasteiger partial charge in [0.05, 0.1) is 11.6 Å². The normalized spacial score (nSPS) is 17.6. The Morgan fingerprint density at radius 3 is 2.52 bits per heavy atom. The zero-order chi connectivity index (χ0) is 22.0. The molecule has 1 aliphatic rings. The summed E-state index contributed by atoms with van der Waals surface area (Å²) in [6.07, 6.45) is 2.82. The lowest BCUT2D eigenvalue weighted by Gasteiger charge is -2.16. The second-order valence-electron chi connectivity index (χ2n) is 6.48. The van der Waals surface area contributed by atoms with Crippen LogP contribution in [-0.2, 0) is 4.74 Å². The first kappa shape index (κ1) is 25.4. The average Bonchev–Trinajstić information content (AvgIpc) is 3.14. The summed E-state index contributed by atoms with van der Waals surface area (Å²) in [6, 6.07) is 3.55. The fraction of sp³-hybridized carbons (Fsp3) is 0.550. The number of hydrogen-bond donors (Lipinski definition) is 4. The number of aryl methyl sites for hydroxylation is 2. The highest BCUT2D eigenvalue weighted by Crippen LogP contribution is 2.26. The molecule has 1 saturated heterocycles. The number of rotatable bonds is 4. The Labute approximate surface area is 181 Å². The van der Waals surface area contributed by atoms with Gasteiger partial charge in [-0.3, -0.25) is 9.78 Å². The van der Waals surface area contributed by atoms with E-state index in [-0.39, 0.29) is 24.3 Å². The van der Waals surface area contributed by atoms with Crippen molar-refractivity contribution in [2.24, 2.45) is 5.92 Å². The first-order valence-corrected chi connectivity index (χ1v) is 11.3. The van der Waals surface area contributed by atoms with Gasteiger partial charge in [0.25, 0.3) is 5.56 Å². The predicted octanol–water partition coefficient (Wildman–Crippen LogP) is 3.95. The molecule has 2 unspecified atom stereocenters. The molecule has 2 aromatic rings. The van der Waals surface area contributed by atoms with Crippen LogP contribution in [0.1, 0.15) is 37.1 Å². The monoisotopic (exact) mass is 440 g/mol. The van der Waals surface area contributed by atoms with Crippen LogP contribution in [0.2, 0.25) is 0 Å². The van der Waals surface area contributed by atoms with Gasteiger partial charge in [-0.05, 0) is 62.9 Å². The summed E-state index contributed by atoms with van der Waals surface area (Å²) >= 11 is 6.31. The van der Waals surface area contributed by atoms with E-state index in [4.69, 9.17) is 9.84 Å². The van der Waals surface area contributed by atoms with Crippen LogP contribution >= 0.6 is 24.0 Å². The third-order valence-electron chi connectivity index (χ3n) is 4.25. The van der Waals surface area contributed by atoms with Gasteiger partial charge in [0.1, 0.15) is 12.0 Å². The molecule has 2 aromatic heterocycles. The minimum Gasteiger partial charge on any atom is -0.396 e. The molecule has 4 N–H and O–H groups in total. The summed E-state index contributed by atoms with van der Waals surface area (Å²) < 4.78 is 5.99. The molecular formula is C20H32N4O3S2. The van der Waals surface area contributed by atoms with Crippen molar-refractivity contribution < 1.29 is 9.84 Å².